The molecule has 1 rings (SSSR count). The van der Waals surface area contributed by atoms with Crippen molar-refractivity contribution < 1.29 is 0 Å². The van der Waals surface area contributed by atoms with Crippen LogP contribution in [0.5, 0.6) is 0 Å². The van der Waals surface area contributed by atoms with E-state index < -0.39 is 0 Å². The molecule has 0 aliphatic carbocycles. The molecule has 0 spiro atoms. The van der Waals surface area contributed by atoms with Gasteiger partial charge >= 0.3 is 0 Å². The minimum absolute atomic E-state index is 0.588. The van der Waals surface area contributed by atoms with Gasteiger partial charge in [-0.2, -0.15) is 0 Å². The lowest BCUT2D eigenvalue weighted by molar-refractivity contribution is 1.19. The van der Waals surface area contributed by atoms with Gasteiger partial charge in [0.2, 0.25) is 0 Å². The zero-order valence-electron chi connectivity index (χ0n) is 8.88. The predicted octanol–water partition coefficient (Wildman–Crippen LogP) is 1.94. The Kier molecular flexibility index (Phi) is 3.72. The molecule has 2 nitrogen and oxygen atoms in total. The molecule has 1 aromatic rings. The second-order valence-corrected chi connectivity index (χ2v) is 3.57. The highest BCUT2D eigenvalue weighted by Gasteiger charge is 2.01. The van der Waals surface area contributed by atoms with E-state index in [-0.39, 0.29) is 0 Å². The van der Waals surface area contributed by atoms with Gasteiger partial charge in [-0.3, -0.25) is 0 Å². The Morgan fingerprint density at radius 1 is 1.21 bits per heavy atom. The van der Waals surface area contributed by atoms with Crippen molar-refractivity contribution in [1.82, 2.24) is 0 Å². The largest absolute Gasteiger partial charge is 0.398 e. The normalized spacial score (nSPS) is 11.1. The van der Waals surface area contributed by atoms with Gasteiger partial charge < -0.3 is 11.5 Å². The molecule has 0 atom stereocenters. The van der Waals surface area contributed by atoms with Crippen molar-refractivity contribution in [1.29, 1.82) is 0 Å². The van der Waals surface area contributed by atoms with Gasteiger partial charge in [0.15, 0.2) is 0 Å². The summed E-state index contributed by atoms with van der Waals surface area (Å²) >= 11 is 0. The van der Waals surface area contributed by atoms with Crippen LogP contribution >= 0.6 is 0 Å². The number of hydrogen-bond donors (Lipinski definition) is 2. The van der Waals surface area contributed by atoms with Gasteiger partial charge in [-0.25, -0.2) is 0 Å². The van der Waals surface area contributed by atoms with Crippen LogP contribution in [0.3, 0.4) is 0 Å². The number of aryl methyl sites for hydroxylation is 2. The lowest BCUT2D eigenvalue weighted by Gasteiger charge is -2.08. The first kappa shape index (κ1) is 10.8. The average Bonchev–Trinajstić information content (AvgIpc) is 2.13. The second kappa shape index (κ2) is 4.82. The van der Waals surface area contributed by atoms with Gasteiger partial charge in [0.05, 0.1) is 0 Å². The van der Waals surface area contributed by atoms with Gasteiger partial charge in [0, 0.05) is 12.2 Å². The summed E-state index contributed by atoms with van der Waals surface area (Å²) in [7, 11) is 0. The topological polar surface area (TPSA) is 52.0 Å². The number of rotatable bonds is 3. The summed E-state index contributed by atoms with van der Waals surface area (Å²) in [5.74, 6) is 0. The van der Waals surface area contributed by atoms with Crippen LogP contribution < -0.4 is 11.5 Å². The van der Waals surface area contributed by atoms with Crippen LogP contribution in [0.15, 0.2) is 24.3 Å². The highest BCUT2D eigenvalue weighted by atomic mass is 14.6. The number of benzene rings is 1. The molecule has 0 aromatic heterocycles. The third-order valence-corrected chi connectivity index (χ3v) is 2.26. The Morgan fingerprint density at radius 3 is 2.57 bits per heavy atom. The maximum Gasteiger partial charge on any atom is 0.0379 e. The SMILES string of the molecule is Cc1cc(C)c(N)c(C/C=C\CN)c1. The molecule has 4 N–H and O–H groups in total. The van der Waals surface area contributed by atoms with Crippen LogP contribution in [0, 0.1) is 13.8 Å². The Bertz CT molecular complexity index is 340. The molecule has 14 heavy (non-hydrogen) atoms. The molecular formula is C12H18N2. The van der Waals surface area contributed by atoms with Crippen molar-refractivity contribution >= 4 is 5.69 Å². The first-order valence-electron chi connectivity index (χ1n) is 4.86. The van der Waals surface area contributed by atoms with Crippen molar-refractivity contribution in [3.63, 3.8) is 0 Å². The monoisotopic (exact) mass is 190 g/mol. The zero-order valence-corrected chi connectivity index (χ0v) is 8.88. The Labute approximate surface area is 85.6 Å². The summed E-state index contributed by atoms with van der Waals surface area (Å²) in [6.45, 7) is 4.71. The van der Waals surface area contributed by atoms with Gasteiger partial charge in [0.25, 0.3) is 0 Å². The van der Waals surface area contributed by atoms with E-state index in [0.717, 1.165) is 17.7 Å². The third-order valence-electron chi connectivity index (χ3n) is 2.26. The zero-order chi connectivity index (χ0) is 10.6. The fraction of sp³-hybridized carbons (Fsp3) is 0.333. The molecule has 0 aliphatic rings. The van der Waals surface area contributed by atoms with E-state index in [1.807, 2.05) is 13.0 Å². The molecule has 0 radical (unpaired) electrons. The quantitative estimate of drug-likeness (QED) is 0.565. The van der Waals surface area contributed by atoms with Crippen LogP contribution in [0.4, 0.5) is 5.69 Å². The van der Waals surface area contributed by atoms with Crippen LogP contribution in [-0.4, -0.2) is 6.54 Å². The summed E-state index contributed by atoms with van der Waals surface area (Å²) in [6, 6.07) is 4.23. The van der Waals surface area contributed by atoms with Gasteiger partial charge in [0.1, 0.15) is 0 Å². The van der Waals surface area contributed by atoms with Gasteiger partial charge in [-0.05, 0) is 31.4 Å². The number of allylic oxidation sites excluding steroid dienone is 1. The lowest BCUT2D eigenvalue weighted by atomic mass is 10.0. The Hall–Kier alpha value is -1.28. The second-order valence-electron chi connectivity index (χ2n) is 3.57. The van der Waals surface area contributed by atoms with Crippen molar-refractivity contribution in [3.05, 3.63) is 41.0 Å². The summed E-state index contributed by atoms with van der Waals surface area (Å²) in [5, 5.41) is 0. The number of nitrogen functional groups attached to an aromatic ring is 1. The van der Waals surface area contributed by atoms with Gasteiger partial charge in [-0.15, -0.1) is 0 Å². The van der Waals surface area contributed by atoms with E-state index in [4.69, 9.17) is 11.5 Å². The minimum atomic E-state index is 0.588. The molecule has 0 heterocycles. The van der Waals surface area contributed by atoms with E-state index in [0.29, 0.717) is 6.54 Å². The molecule has 0 fully saturated rings. The number of anilines is 1. The fourth-order valence-electron chi connectivity index (χ4n) is 1.54. The molecule has 0 saturated heterocycles. The summed E-state index contributed by atoms with van der Waals surface area (Å²) in [6.07, 6.45) is 4.88. The Morgan fingerprint density at radius 2 is 1.93 bits per heavy atom. The highest BCUT2D eigenvalue weighted by molar-refractivity contribution is 5.55. The maximum atomic E-state index is 5.97. The molecule has 2 heteroatoms. The summed E-state index contributed by atoms with van der Waals surface area (Å²) < 4.78 is 0. The maximum absolute atomic E-state index is 5.97. The molecule has 76 valence electrons. The van der Waals surface area contributed by atoms with Crippen molar-refractivity contribution in [3.8, 4) is 0 Å². The smallest absolute Gasteiger partial charge is 0.0379 e. The van der Waals surface area contributed by atoms with Crippen LogP contribution in [-0.2, 0) is 6.42 Å². The van der Waals surface area contributed by atoms with Crippen molar-refractivity contribution in [2.75, 3.05) is 12.3 Å². The number of hydrogen-bond acceptors (Lipinski definition) is 2. The standard InChI is InChI=1S/C12H18N2/c1-9-7-10(2)12(14)11(8-9)5-3-4-6-13/h3-4,7-8H,5-6,13-14H2,1-2H3/b4-3-. The van der Waals surface area contributed by atoms with E-state index in [1.165, 1.54) is 11.1 Å². The number of nitrogens with two attached hydrogens (primary N) is 2. The predicted molar refractivity (Wildman–Crippen MR) is 62.2 cm³/mol. The van der Waals surface area contributed by atoms with Crippen LogP contribution in [0.1, 0.15) is 16.7 Å². The molecule has 0 unspecified atom stereocenters. The van der Waals surface area contributed by atoms with Crippen molar-refractivity contribution in [2.45, 2.75) is 20.3 Å². The van der Waals surface area contributed by atoms with Crippen molar-refractivity contribution in [2.24, 2.45) is 5.73 Å². The van der Waals surface area contributed by atoms with E-state index >= 15 is 0 Å². The first-order chi connectivity index (χ1) is 6.65. The average molecular weight is 190 g/mol. The fourth-order valence-corrected chi connectivity index (χ4v) is 1.54. The van der Waals surface area contributed by atoms with E-state index in [1.54, 1.807) is 0 Å². The molecule has 0 saturated carbocycles. The third kappa shape index (κ3) is 2.60. The van der Waals surface area contributed by atoms with Gasteiger partial charge in [-0.1, -0.05) is 29.8 Å². The summed E-state index contributed by atoms with van der Waals surface area (Å²) in [4.78, 5) is 0. The molecule has 1 aromatic carbocycles. The van der Waals surface area contributed by atoms with Crippen LogP contribution in [0.2, 0.25) is 0 Å². The lowest BCUT2D eigenvalue weighted by Crippen LogP contribution is -1.98. The Balaban J connectivity index is 2.90. The highest BCUT2D eigenvalue weighted by Crippen LogP contribution is 2.19. The molecular weight excluding hydrogens is 172 g/mol. The van der Waals surface area contributed by atoms with E-state index in [2.05, 4.69) is 25.1 Å². The minimum Gasteiger partial charge on any atom is -0.398 e. The molecule has 0 amide bonds. The van der Waals surface area contributed by atoms with E-state index in [9.17, 15) is 0 Å². The molecule has 0 aliphatic heterocycles. The summed E-state index contributed by atoms with van der Waals surface area (Å²) in [5.41, 5.74) is 15.8. The van der Waals surface area contributed by atoms with Crippen LogP contribution in [0.25, 0.3) is 0 Å². The first-order valence-corrected chi connectivity index (χ1v) is 4.86. The molecule has 0 bridgehead atoms.